The fourth-order valence-corrected chi connectivity index (χ4v) is 8.50. The van der Waals surface area contributed by atoms with Crippen molar-refractivity contribution >= 4 is 34.4 Å². The summed E-state index contributed by atoms with van der Waals surface area (Å²) in [6, 6.07) is 8.35. The Morgan fingerprint density at radius 2 is 2.03 bits per heavy atom. The first kappa shape index (κ1) is 22.4. The third kappa shape index (κ3) is 3.96. The number of hydrogen-bond acceptors (Lipinski definition) is 4. The Hall–Kier alpha value is -2.36. The highest BCUT2D eigenvalue weighted by atomic mass is 32.1. The molecule has 2 fully saturated rings. The van der Waals surface area contributed by atoms with Gasteiger partial charge in [0.2, 0.25) is 0 Å². The monoisotopic (exact) mass is 477 g/mol. The normalized spacial score (nSPS) is 30.4. The van der Waals surface area contributed by atoms with Crippen molar-refractivity contribution in [2.45, 2.75) is 45.4 Å². The van der Waals surface area contributed by atoms with E-state index in [0.717, 1.165) is 42.0 Å². The van der Waals surface area contributed by atoms with Crippen molar-refractivity contribution in [1.29, 1.82) is 0 Å². The van der Waals surface area contributed by atoms with Crippen LogP contribution in [-0.4, -0.2) is 25.3 Å². The molecule has 172 valence electrons. The van der Waals surface area contributed by atoms with Gasteiger partial charge in [-0.05, 0) is 74.6 Å². The molecule has 3 aliphatic carbocycles. The maximum absolute atomic E-state index is 13.9. The number of fused-ring (bicyclic) bond motifs is 1. The molecule has 2 saturated carbocycles. The van der Waals surface area contributed by atoms with Crippen LogP contribution in [0.2, 0.25) is 0 Å². The van der Waals surface area contributed by atoms with Crippen molar-refractivity contribution < 1.29 is 4.79 Å². The van der Waals surface area contributed by atoms with Crippen LogP contribution in [0.5, 0.6) is 0 Å². The Bertz CT molecular complexity index is 1180. The standard InChI is InChI=1S/C27H31N3OS2/c1-3-5-19-7-8-21(32-19)22-9-10-23(33-22)24(31)20-12-15-26(17-30-25(28)29-2)14-11-18-6-4-13-27(18,20)16-26/h7-11,14,18,20H,4,6,12-13,15-17H2,1-2H3,(H3,28,29,30)/t18-,20-,26-,27-/m1/s1. The molecule has 6 heteroatoms. The summed E-state index contributed by atoms with van der Waals surface area (Å²) < 4.78 is 0. The van der Waals surface area contributed by atoms with E-state index in [-0.39, 0.29) is 16.7 Å². The van der Waals surface area contributed by atoms with Gasteiger partial charge in [-0.3, -0.25) is 9.79 Å². The minimum atomic E-state index is 0.0707. The second-order valence-electron chi connectivity index (χ2n) is 9.75. The average Bonchev–Trinajstić information content (AvgIpc) is 3.57. The van der Waals surface area contributed by atoms with Gasteiger partial charge in [-0.15, -0.1) is 28.6 Å². The van der Waals surface area contributed by atoms with Crippen LogP contribution in [-0.2, 0) is 0 Å². The number of nitrogens with two attached hydrogens (primary N) is 1. The molecule has 4 nitrogen and oxygen atoms in total. The third-order valence-corrected chi connectivity index (χ3v) is 10.3. The number of thiophene rings is 2. The van der Waals surface area contributed by atoms with E-state index in [1.165, 1.54) is 22.6 Å². The van der Waals surface area contributed by atoms with Gasteiger partial charge in [-0.25, -0.2) is 0 Å². The van der Waals surface area contributed by atoms with E-state index in [9.17, 15) is 4.79 Å². The van der Waals surface area contributed by atoms with E-state index in [4.69, 9.17) is 5.73 Å². The molecule has 0 radical (unpaired) electrons. The second-order valence-corrected chi connectivity index (χ2v) is 11.9. The van der Waals surface area contributed by atoms with Gasteiger partial charge in [0.15, 0.2) is 11.7 Å². The fraction of sp³-hybridized carbons (Fsp3) is 0.481. The lowest BCUT2D eigenvalue weighted by Gasteiger charge is -2.54. The minimum Gasteiger partial charge on any atom is -0.370 e. The molecule has 0 aromatic carbocycles. The average molecular weight is 478 g/mol. The molecule has 0 amide bonds. The van der Waals surface area contributed by atoms with Crippen LogP contribution >= 0.6 is 22.7 Å². The van der Waals surface area contributed by atoms with Crippen LogP contribution in [0.4, 0.5) is 0 Å². The quantitative estimate of drug-likeness (QED) is 0.191. The van der Waals surface area contributed by atoms with Gasteiger partial charge in [0.05, 0.1) is 9.75 Å². The van der Waals surface area contributed by atoms with Crippen LogP contribution in [0.15, 0.2) is 41.4 Å². The van der Waals surface area contributed by atoms with Gasteiger partial charge in [-0.1, -0.05) is 24.5 Å². The molecule has 2 heterocycles. The molecule has 2 aromatic rings. The van der Waals surface area contributed by atoms with E-state index < -0.39 is 0 Å². The largest absolute Gasteiger partial charge is 0.370 e. The Morgan fingerprint density at radius 1 is 1.21 bits per heavy atom. The number of nitrogens with one attached hydrogen (secondary N) is 1. The molecule has 1 spiro atoms. The summed E-state index contributed by atoms with van der Waals surface area (Å²) in [6.45, 7) is 2.66. The first-order valence-electron chi connectivity index (χ1n) is 11.8. The maximum atomic E-state index is 13.9. The lowest BCUT2D eigenvalue weighted by Crippen LogP contribution is -2.53. The molecular weight excluding hydrogens is 446 g/mol. The predicted octanol–water partition coefficient (Wildman–Crippen LogP) is 5.71. The van der Waals surface area contributed by atoms with Crippen LogP contribution < -0.4 is 11.1 Å². The molecule has 3 aliphatic rings. The number of carbonyl (C=O) groups is 1. The van der Waals surface area contributed by atoms with E-state index in [1.54, 1.807) is 29.7 Å². The molecule has 0 saturated heterocycles. The first-order chi connectivity index (χ1) is 16.0. The van der Waals surface area contributed by atoms with E-state index in [2.05, 4.69) is 52.5 Å². The molecule has 3 N–H and O–H groups in total. The van der Waals surface area contributed by atoms with Gasteiger partial charge in [-0.2, -0.15) is 0 Å². The molecule has 2 aromatic heterocycles. The number of nitrogens with zero attached hydrogens (tertiary/aromatic N) is 1. The topological polar surface area (TPSA) is 67.5 Å². The summed E-state index contributed by atoms with van der Waals surface area (Å²) in [5, 5.41) is 3.32. The number of allylic oxidation sites excluding steroid dienone is 1. The Labute approximate surface area is 204 Å². The summed E-state index contributed by atoms with van der Waals surface area (Å²) in [7, 11) is 1.71. The predicted molar refractivity (Wildman–Crippen MR) is 139 cm³/mol. The lowest BCUT2D eigenvalue weighted by atomic mass is 9.50. The summed E-state index contributed by atoms with van der Waals surface area (Å²) >= 11 is 3.35. The first-order valence-corrected chi connectivity index (χ1v) is 13.4. The number of aliphatic imine (C=N–C) groups is 1. The highest BCUT2D eigenvalue weighted by Gasteiger charge is 2.58. The smallest absolute Gasteiger partial charge is 0.188 e. The number of hydrogen-bond donors (Lipinski definition) is 2. The van der Waals surface area contributed by atoms with Crippen LogP contribution in [0.25, 0.3) is 9.75 Å². The molecule has 5 rings (SSSR count). The summed E-state index contributed by atoms with van der Waals surface area (Å²) in [5.41, 5.74) is 6.09. The van der Waals surface area contributed by atoms with Gasteiger partial charge >= 0.3 is 0 Å². The van der Waals surface area contributed by atoms with Crippen molar-refractivity contribution in [3.05, 3.63) is 46.2 Å². The van der Waals surface area contributed by atoms with Crippen molar-refractivity contribution in [2.24, 2.45) is 33.4 Å². The van der Waals surface area contributed by atoms with E-state index >= 15 is 0 Å². The molecule has 33 heavy (non-hydrogen) atoms. The summed E-state index contributed by atoms with van der Waals surface area (Å²) in [4.78, 5) is 22.3. The van der Waals surface area contributed by atoms with Crippen LogP contribution in [0.1, 0.15) is 60.0 Å². The summed E-state index contributed by atoms with van der Waals surface area (Å²) in [5.74, 6) is 7.57. The van der Waals surface area contributed by atoms with Crippen molar-refractivity contribution in [2.75, 3.05) is 13.6 Å². The van der Waals surface area contributed by atoms with Crippen LogP contribution in [0, 0.1) is 34.5 Å². The third-order valence-electron chi connectivity index (χ3n) is 8.01. The van der Waals surface area contributed by atoms with Crippen molar-refractivity contribution in [3.8, 4) is 21.6 Å². The maximum Gasteiger partial charge on any atom is 0.188 e. The fourth-order valence-electron chi connectivity index (χ4n) is 6.50. The number of rotatable bonds is 5. The highest BCUT2D eigenvalue weighted by Crippen LogP contribution is 2.64. The second kappa shape index (κ2) is 8.77. The zero-order chi connectivity index (χ0) is 23.1. The van der Waals surface area contributed by atoms with E-state index in [0.29, 0.717) is 17.7 Å². The molecule has 0 aliphatic heterocycles. The Balaban J connectivity index is 1.40. The molecular formula is C27H31N3OS2. The lowest BCUT2D eigenvalue weighted by molar-refractivity contribution is 0.00223. The van der Waals surface area contributed by atoms with Crippen molar-refractivity contribution in [1.82, 2.24) is 5.32 Å². The minimum absolute atomic E-state index is 0.0707. The van der Waals surface area contributed by atoms with Gasteiger partial charge in [0.25, 0.3) is 0 Å². The zero-order valence-electron chi connectivity index (χ0n) is 19.3. The van der Waals surface area contributed by atoms with Gasteiger partial charge < -0.3 is 11.1 Å². The number of carbonyl (C=O) groups excluding carboxylic acids is 1. The number of ketones is 1. The van der Waals surface area contributed by atoms with E-state index in [1.807, 2.05) is 13.0 Å². The van der Waals surface area contributed by atoms with Gasteiger partial charge in [0, 0.05) is 34.7 Å². The molecule has 4 atom stereocenters. The van der Waals surface area contributed by atoms with Crippen molar-refractivity contribution in [3.63, 3.8) is 0 Å². The highest BCUT2D eigenvalue weighted by molar-refractivity contribution is 7.23. The summed E-state index contributed by atoms with van der Waals surface area (Å²) in [6.07, 6.45) is 11.5. The number of guanidine groups is 1. The van der Waals surface area contributed by atoms with Crippen LogP contribution in [0.3, 0.4) is 0 Å². The SMILES string of the molecule is CC#Cc1ccc(-c2ccc(C(=O)[C@H]3CC[C@]4(CNC(N)=NC)C=C[C@H]5CCC[C@]35C4)s2)s1. The Kier molecular flexibility index (Phi) is 5.96. The van der Waals surface area contributed by atoms with Gasteiger partial charge in [0.1, 0.15) is 0 Å². The molecule has 2 bridgehead atoms. The number of Topliss-reactive ketones (excluding diaryl/α,β-unsaturated/α-hetero) is 1. The Morgan fingerprint density at radius 3 is 2.85 bits per heavy atom. The molecule has 0 unspecified atom stereocenters. The zero-order valence-corrected chi connectivity index (χ0v) is 21.0.